The molecule has 39 heavy (non-hydrogen) atoms. The van der Waals surface area contributed by atoms with Gasteiger partial charge in [0.2, 0.25) is 0 Å². The number of rotatable bonds is 6. The summed E-state index contributed by atoms with van der Waals surface area (Å²) in [5.41, 5.74) is 0.0659. The van der Waals surface area contributed by atoms with E-state index in [1.807, 2.05) is 0 Å². The third-order valence-electron chi connectivity index (χ3n) is 6.59. The summed E-state index contributed by atoms with van der Waals surface area (Å²) >= 11 is 0. The van der Waals surface area contributed by atoms with Crippen molar-refractivity contribution in [1.29, 1.82) is 0 Å². The molecule has 4 rings (SSSR count). The lowest BCUT2D eigenvalue weighted by Crippen LogP contribution is -2.54. The number of alkyl halides is 9. The van der Waals surface area contributed by atoms with Gasteiger partial charge in [-0.3, -0.25) is 25.4 Å². The van der Waals surface area contributed by atoms with Gasteiger partial charge in [-0.2, -0.15) is 26.3 Å². The Bertz CT molecular complexity index is 1150. The SMILES string of the molecule is O=C(NNc1cc(C(F)(F)F)cc(C(F)(F)F)c1)C(c1ccccc1OC(F)(F)F)N1CCN2CCC[C@@H]2C1. The molecule has 1 amide bonds. The van der Waals surface area contributed by atoms with Gasteiger partial charge in [-0.15, -0.1) is 13.2 Å². The van der Waals surface area contributed by atoms with Crippen LogP contribution in [0.3, 0.4) is 0 Å². The molecule has 0 bridgehead atoms. The summed E-state index contributed by atoms with van der Waals surface area (Å²) in [6, 6.07) is 4.26. The van der Waals surface area contributed by atoms with Crippen molar-refractivity contribution in [2.45, 2.75) is 43.6 Å². The zero-order chi connectivity index (χ0) is 28.6. The number of carbonyl (C=O) groups excluding carboxylic acids is 1. The second kappa shape index (κ2) is 10.8. The third-order valence-corrected chi connectivity index (χ3v) is 6.59. The number of para-hydroxylation sites is 1. The highest BCUT2D eigenvalue weighted by atomic mass is 19.4. The van der Waals surface area contributed by atoms with E-state index >= 15 is 0 Å². The lowest BCUT2D eigenvalue weighted by Gasteiger charge is -2.41. The molecule has 2 aromatic carbocycles. The van der Waals surface area contributed by atoms with Gasteiger partial charge in [0, 0.05) is 31.2 Å². The van der Waals surface area contributed by atoms with E-state index in [1.54, 1.807) is 4.90 Å². The number of hydrogen-bond acceptors (Lipinski definition) is 5. The number of piperazine rings is 1. The van der Waals surface area contributed by atoms with E-state index in [9.17, 15) is 44.3 Å². The molecule has 0 saturated carbocycles. The minimum atomic E-state index is -5.11. The fourth-order valence-electron chi connectivity index (χ4n) is 4.91. The Labute approximate surface area is 216 Å². The van der Waals surface area contributed by atoms with E-state index in [1.165, 1.54) is 18.2 Å². The minimum absolute atomic E-state index is 0.0375. The van der Waals surface area contributed by atoms with Crippen molar-refractivity contribution >= 4 is 11.6 Å². The number of ether oxygens (including phenoxy) is 1. The van der Waals surface area contributed by atoms with Gasteiger partial charge in [0.25, 0.3) is 5.91 Å². The molecule has 6 nitrogen and oxygen atoms in total. The number of halogens is 9. The molecule has 2 atom stereocenters. The van der Waals surface area contributed by atoms with Crippen molar-refractivity contribution in [2.24, 2.45) is 0 Å². The van der Waals surface area contributed by atoms with E-state index in [4.69, 9.17) is 0 Å². The molecule has 2 fully saturated rings. The van der Waals surface area contributed by atoms with Crippen LogP contribution in [0.25, 0.3) is 0 Å². The first-order valence-corrected chi connectivity index (χ1v) is 11.8. The maximum absolute atomic E-state index is 13.4. The van der Waals surface area contributed by atoms with E-state index in [0.29, 0.717) is 25.2 Å². The second-order valence-corrected chi connectivity index (χ2v) is 9.22. The minimum Gasteiger partial charge on any atom is -0.405 e. The van der Waals surface area contributed by atoms with Gasteiger partial charge in [-0.1, -0.05) is 18.2 Å². The predicted octanol–water partition coefficient (Wildman–Crippen LogP) is 5.59. The van der Waals surface area contributed by atoms with Crippen molar-refractivity contribution in [3.05, 3.63) is 59.2 Å². The van der Waals surface area contributed by atoms with Gasteiger partial charge in [0.15, 0.2) is 0 Å². The Morgan fingerprint density at radius 2 is 1.54 bits per heavy atom. The van der Waals surface area contributed by atoms with Gasteiger partial charge in [-0.25, -0.2) is 0 Å². The number of hydrazine groups is 1. The maximum Gasteiger partial charge on any atom is 0.573 e. The lowest BCUT2D eigenvalue weighted by atomic mass is 10.0. The average molecular weight is 570 g/mol. The van der Waals surface area contributed by atoms with Crippen LogP contribution in [0, 0.1) is 0 Å². The molecule has 0 aliphatic carbocycles. The van der Waals surface area contributed by atoms with Gasteiger partial charge >= 0.3 is 18.7 Å². The third kappa shape index (κ3) is 7.06. The zero-order valence-corrected chi connectivity index (χ0v) is 20.1. The largest absolute Gasteiger partial charge is 0.573 e. The highest BCUT2D eigenvalue weighted by molar-refractivity contribution is 5.85. The normalized spacial score (nSPS) is 19.9. The highest BCUT2D eigenvalue weighted by Gasteiger charge is 2.40. The molecule has 0 aromatic heterocycles. The van der Waals surface area contributed by atoms with Gasteiger partial charge < -0.3 is 4.74 Å². The van der Waals surface area contributed by atoms with Crippen LogP contribution in [0.2, 0.25) is 0 Å². The quantitative estimate of drug-likeness (QED) is 0.351. The predicted molar refractivity (Wildman–Crippen MR) is 120 cm³/mol. The van der Waals surface area contributed by atoms with Crippen LogP contribution in [0.5, 0.6) is 5.75 Å². The van der Waals surface area contributed by atoms with Crippen LogP contribution < -0.4 is 15.6 Å². The van der Waals surface area contributed by atoms with Crippen LogP contribution >= 0.6 is 0 Å². The fourth-order valence-corrected chi connectivity index (χ4v) is 4.91. The number of nitrogens with one attached hydrogen (secondary N) is 2. The summed E-state index contributed by atoms with van der Waals surface area (Å²) in [7, 11) is 0. The molecule has 15 heteroatoms. The van der Waals surface area contributed by atoms with Gasteiger partial charge in [-0.05, 0) is 43.7 Å². The Hall–Kier alpha value is -3.20. The van der Waals surface area contributed by atoms with Crippen LogP contribution in [-0.2, 0) is 17.1 Å². The van der Waals surface area contributed by atoms with Crippen molar-refractivity contribution in [3.63, 3.8) is 0 Å². The topological polar surface area (TPSA) is 56.8 Å². The van der Waals surface area contributed by atoms with Crippen molar-refractivity contribution in [2.75, 3.05) is 31.6 Å². The summed E-state index contributed by atoms with van der Waals surface area (Å²) in [5.74, 6) is -1.65. The van der Waals surface area contributed by atoms with Crippen LogP contribution in [-0.4, -0.2) is 54.3 Å². The molecule has 2 saturated heterocycles. The summed E-state index contributed by atoms with van der Waals surface area (Å²) in [5, 5.41) is 0. The monoisotopic (exact) mass is 570 g/mol. The molecule has 2 aliphatic rings. The van der Waals surface area contributed by atoms with Crippen LogP contribution in [0.1, 0.15) is 35.6 Å². The first-order chi connectivity index (χ1) is 18.1. The summed E-state index contributed by atoms with van der Waals surface area (Å²) in [4.78, 5) is 17.2. The van der Waals surface area contributed by atoms with E-state index in [-0.39, 0.29) is 24.2 Å². The summed E-state index contributed by atoms with van der Waals surface area (Å²) in [6.07, 6.45) is -13.6. The van der Waals surface area contributed by atoms with E-state index in [0.717, 1.165) is 25.5 Å². The first-order valence-electron chi connectivity index (χ1n) is 11.8. The smallest absolute Gasteiger partial charge is 0.405 e. The molecule has 0 spiro atoms. The molecule has 2 heterocycles. The second-order valence-electron chi connectivity index (χ2n) is 9.22. The Kier molecular flexibility index (Phi) is 7.94. The van der Waals surface area contributed by atoms with Crippen molar-refractivity contribution in [1.82, 2.24) is 15.2 Å². The first kappa shape index (κ1) is 28.8. The van der Waals surface area contributed by atoms with Crippen LogP contribution in [0.15, 0.2) is 42.5 Å². The molecular weight excluding hydrogens is 547 g/mol. The number of hydrogen-bond donors (Lipinski definition) is 2. The molecule has 2 aromatic rings. The van der Waals surface area contributed by atoms with E-state index < -0.39 is 53.2 Å². The zero-order valence-electron chi connectivity index (χ0n) is 20.1. The molecule has 214 valence electrons. The van der Waals surface area contributed by atoms with E-state index in [2.05, 4.69) is 20.5 Å². The molecular formula is C24H23F9N4O2. The number of amides is 1. The Balaban J connectivity index is 1.64. The molecule has 2 aliphatic heterocycles. The fraction of sp³-hybridized carbons (Fsp3) is 0.458. The summed E-state index contributed by atoms with van der Waals surface area (Å²) < 4.78 is 123. The Morgan fingerprint density at radius 1 is 0.897 bits per heavy atom. The van der Waals surface area contributed by atoms with Crippen molar-refractivity contribution < 1.29 is 49.0 Å². The average Bonchev–Trinajstić information content (AvgIpc) is 3.30. The summed E-state index contributed by atoms with van der Waals surface area (Å²) in [6.45, 7) is 1.94. The number of carbonyl (C=O) groups is 1. The number of benzene rings is 2. The highest BCUT2D eigenvalue weighted by Crippen LogP contribution is 2.38. The standard InChI is InChI=1S/C24H23F9N4O2/c25-22(26,27)14-10-15(23(28,29)30)12-16(11-14)34-35-21(38)20(37-9-8-36-7-3-4-17(36)13-37)18-5-1-2-6-19(18)39-24(31,32)33/h1-2,5-6,10-12,17,20,34H,3-4,7-9,13H2,(H,35,38)/t17-,20?/m1/s1. The van der Waals surface area contributed by atoms with Gasteiger partial charge in [0.05, 0.1) is 16.8 Å². The molecule has 0 radical (unpaired) electrons. The lowest BCUT2D eigenvalue weighted by molar-refractivity contribution is -0.275. The number of nitrogens with zero attached hydrogens (tertiary/aromatic N) is 2. The number of anilines is 1. The maximum atomic E-state index is 13.4. The van der Waals surface area contributed by atoms with Gasteiger partial charge in [0.1, 0.15) is 11.8 Å². The number of fused-ring (bicyclic) bond motifs is 1. The molecule has 1 unspecified atom stereocenters. The Morgan fingerprint density at radius 3 is 2.15 bits per heavy atom. The van der Waals surface area contributed by atoms with Crippen molar-refractivity contribution in [3.8, 4) is 5.75 Å². The van der Waals surface area contributed by atoms with Crippen LogP contribution in [0.4, 0.5) is 45.2 Å². The molecule has 2 N–H and O–H groups in total.